The van der Waals surface area contributed by atoms with Gasteiger partial charge in [0.05, 0.1) is 0 Å². The van der Waals surface area contributed by atoms with Crippen molar-refractivity contribution in [1.82, 2.24) is 0 Å². The van der Waals surface area contributed by atoms with Gasteiger partial charge in [-0.15, -0.1) is 0 Å². The SMILES string of the molecule is CC(C)C12CC3CC(C1)CC(C(C)C)(C3)C2.CC(C)C12CCCC(C(C)C)(C1)C2. The lowest BCUT2D eigenvalue weighted by molar-refractivity contribution is -0.148. The number of hydrogen-bond acceptors (Lipinski definition) is 0. The van der Waals surface area contributed by atoms with Gasteiger partial charge in [0.25, 0.3) is 0 Å². The van der Waals surface area contributed by atoms with Crippen molar-refractivity contribution in [3.05, 3.63) is 0 Å². The molecule has 0 aromatic carbocycles. The monoisotopic (exact) mass is 400 g/mol. The minimum Gasteiger partial charge on any atom is -0.0622 e. The Bertz CT molecular complexity index is 525. The Morgan fingerprint density at radius 2 is 0.793 bits per heavy atom. The predicted octanol–water partition coefficient (Wildman–Crippen LogP) is 9.13. The molecule has 0 unspecified atom stereocenters. The van der Waals surface area contributed by atoms with E-state index in [0.717, 1.165) is 57.2 Å². The molecule has 0 aromatic heterocycles. The highest BCUT2D eigenvalue weighted by atomic mass is 14.6. The van der Waals surface area contributed by atoms with E-state index in [4.69, 9.17) is 0 Å². The van der Waals surface area contributed by atoms with Crippen LogP contribution < -0.4 is 0 Å². The number of fused-ring (bicyclic) bond motifs is 2. The minimum absolute atomic E-state index is 0.744. The molecule has 0 heteroatoms. The third-order valence-electron chi connectivity index (χ3n) is 11.8. The number of rotatable bonds is 4. The molecule has 0 N–H and O–H groups in total. The Hall–Kier alpha value is 0. The zero-order valence-corrected chi connectivity index (χ0v) is 21.2. The Kier molecular flexibility index (Phi) is 5.56. The van der Waals surface area contributed by atoms with Crippen LogP contribution in [0.4, 0.5) is 0 Å². The highest BCUT2D eigenvalue weighted by Crippen LogP contribution is 2.70. The van der Waals surface area contributed by atoms with Crippen LogP contribution in [-0.2, 0) is 0 Å². The Morgan fingerprint density at radius 3 is 1.10 bits per heavy atom. The maximum absolute atomic E-state index is 2.49. The van der Waals surface area contributed by atoms with E-state index in [1.165, 1.54) is 32.1 Å². The molecule has 0 saturated heterocycles. The van der Waals surface area contributed by atoms with Crippen molar-refractivity contribution in [3.63, 3.8) is 0 Å². The largest absolute Gasteiger partial charge is 0.0622 e. The lowest BCUT2D eigenvalue weighted by Crippen LogP contribution is -2.55. The second kappa shape index (κ2) is 7.27. The van der Waals surface area contributed by atoms with Crippen molar-refractivity contribution in [1.29, 1.82) is 0 Å². The van der Waals surface area contributed by atoms with Crippen LogP contribution in [0.5, 0.6) is 0 Å². The lowest BCUT2D eigenvalue weighted by Gasteiger charge is -2.65. The fourth-order valence-electron chi connectivity index (χ4n) is 9.65. The summed E-state index contributed by atoms with van der Waals surface area (Å²) in [6.07, 6.45) is 17.0. The molecule has 7 aliphatic carbocycles. The summed E-state index contributed by atoms with van der Waals surface area (Å²) in [6.45, 7) is 19.7. The van der Waals surface area contributed by atoms with Gasteiger partial charge in [-0.2, -0.15) is 0 Å². The van der Waals surface area contributed by atoms with Gasteiger partial charge in [0, 0.05) is 0 Å². The predicted molar refractivity (Wildman–Crippen MR) is 127 cm³/mol. The zero-order valence-electron chi connectivity index (χ0n) is 21.2. The van der Waals surface area contributed by atoms with Crippen LogP contribution in [0.25, 0.3) is 0 Å². The highest BCUT2D eigenvalue weighted by Gasteiger charge is 2.60. The average molecular weight is 401 g/mol. The van der Waals surface area contributed by atoms with Crippen molar-refractivity contribution < 1.29 is 0 Å². The lowest BCUT2D eigenvalue weighted by atomic mass is 9.40. The second-order valence-electron chi connectivity index (χ2n) is 14.2. The van der Waals surface area contributed by atoms with Crippen LogP contribution >= 0.6 is 0 Å². The topological polar surface area (TPSA) is 0 Å². The van der Waals surface area contributed by atoms with Crippen molar-refractivity contribution in [2.75, 3.05) is 0 Å². The van der Waals surface area contributed by atoms with E-state index in [9.17, 15) is 0 Å². The van der Waals surface area contributed by atoms with Crippen molar-refractivity contribution in [3.8, 4) is 0 Å². The van der Waals surface area contributed by atoms with Crippen LogP contribution in [-0.4, -0.2) is 0 Å². The molecule has 168 valence electrons. The third kappa shape index (κ3) is 3.46. The van der Waals surface area contributed by atoms with E-state index in [2.05, 4.69) is 55.4 Å². The van der Waals surface area contributed by atoms with E-state index >= 15 is 0 Å². The molecule has 0 aromatic rings. The van der Waals surface area contributed by atoms with Crippen LogP contribution in [0.3, 0.4) is 0 Å². The van der Waals surface area contributed by atoms with Gasteiger partial charge in [-0.3, -0.25) is 0 Å². The molecular weight excluding hydrogens is 348 g/mol. The molecule has 6 bridgehead atoms. The smallest absolute Gasteiger partial charge is 0.0264 e. The van der Waals surface area contributed by atoms with E-state index in [0.29, 0.717) is 0 Å². The first-order valence-corrected chi connectivity index (χ1v) is 13.5. The van der Waals surface area contributed by atoms with Gasteiger partial charge in [0.2, 0.25) is 0 Å². The van der Waals surface area contributed by atoms with Gasteiger partial charge < -0.3 is 0 Å². The molecule has 0 heterocycles. The normalized spacial score (nSPS) is 47.6. The second-order valence-corrected chi connectivity index (χ2v) is 14.2. The van der Waals surface area contributed by atoms with Gasteiger partial charge in [0.1, 0.15) is 0 Å². The van der Waals surface area contributed by atoms with E-state index in [1.54, 1.807) is 38.5 Å². The number of hydrogen-bond donors (Lipinski definition) is 0. The first-order valence-electron chi connectivity index (χ1n) is 13.5. The molecule has 29 heavy (non-hydrogen) atoms. The van der Waals surface area contributed by atoms with Crippen molar-refractivity contribution in [2.24, 2.45) is 57.2 Å². The standard InChI is InChI=1S/C16H28.C13H24/c1-11(2)15-6-13-5-14(7-15)9-16(8-13,10-15)12(3)4;1-10(2)12-6-5-7-13(8-12,9-12)11(3)4/h11-14H,5-10H2,1-4H3;10-11H,5-9H2,1-4H3. The summed E-state index contributed by atoms with van der Waals surface area (Å²) in [5.74, 6) is 5.84. The maximum Gasteiger partial charge on any atom is -0.0264 e. The first kappa shape index (κ1) is 22.2. The summed E-state index contributed by atoms with van der Waals surface area (Å²) in [4.78, 5) is 0. The molecule has 0 amide bonds. The summed E-state index contributed by atoms with van der Waals surface area (Å²) in [5, 5.41) is 0. The molecule has 7 aliphatic rings. The summed E-state index contributed by atoms with van der Waals surface area (Å²) < 4.78 is 0. The summed E-state index contributed by atoms with van der Waals surface area (Å²) in [6, 6.07) is 0. The van der Waals surface area contributed by atoms with Crippen LogP contribution in [0.1, 0.15) is 126 Å². The Balaban J connectivity index is 0.000000145. The van der Waals surface area contributed by atoms with E-state index in [1.807, 2.05) is 0 Å². The summed E-state index contributed by atoms with van der Waals surface area (Å²) in [7, 11) is 0. The van der Waals surface area contributed by atoms with Gasteiger partial charge in [-0.25, -0.2) is 0 Å². The molecule has 7 rings (SSSR count). The Labute approximate surface area is 183 Å². The summed E-state index contributed by atoms with van der Waals surface area (Å²) in [5.41, 5.74) is 3.02. The highest BCUT2D eigenvalue weighted by molar-refractivity contribution is 5.10. The molecule has 0 spiro atoms. The fraction of sp³-hybridized carbons (Fsp3) is 1.00. The zero-order chi connectivity index (χ0) is 21.2. The van der Waals surface area contributed by atoms with Crippen LogP contribution in [0.2, 0.25) is 0 Å². The fourth-order valence-corrected chi connectivity index (χ4v) is 9.65. The average Bonchev–Trinajstić information content (AvgIpc) is 2.60. The minimum atomic E-state index is 0.744. The molecule has 0 radical (unpaired) electrons. The quantitative estimate of drug-likeness (QED) is 0.441. The molecule has 7 saturated carbocycles. The van der Waals surface area contributed by atoms with Crippen LogP contribution in [0.15, 0.2) is 0 Å². The molecule has 0 nitrogen and oxygen atoms in total. The first-order chi connectivity index (χ1) is 13.5. The van der Waals surface area contributed by atoms with E-state index in [-0.39, 0.29) is 0 Å². The van der Waals surface area contributed by atoms with E-state index < -0.39 is 0 Å². The Morgan fingerprint density at radius 1 is 0.483 bits per heavy atom. The maximum atomic E-state index is 2.49. The molecular formula is C29H52. The van der Waals surface area contributed by atoms with Crippen molar-refractivity contribution >= 4 is 0 Å². The van der Waals surface area contributed by atoms with Gasteiger partial charge in [-0.1, -0.05) is 61.8 Å². The van der Waals surface area contributed by atoms with Gasteiger partial charge in [0.15, 0.2) is 0 Å². The van der Waals surface area contributed by atoms with Gasteiger partial charge >= 0.3 is 0 Å². The molecule has 0 atom stereocenters. The van der Waals surface area contributed by atoms with Crippen LogP contribution in [0, 0.1) is 57.2 Å². The molecule has 7 fully saturated rings. The molecule has 0 aliphatic heterocycles. The van der Waals surface area contributed by atoms with Gasteiger partial charge in [-0.05, 0) is 121 Å². The van der Waals surface area contributed by atoms with Crippen molar-refractivity contribution in [2.45, 2.75) is 126 Å². The third-order valence-corrected chi connectivity index (χ3v) is 11.8. The summed E-state index contributed by atoms with van der Waals surface area (Å²) >= 11 is 0.